The van der Waals surface area contributed by atoms with E-state index in [0.29, 0.717) is 18.6 Å². The first-order valence-corrected chi connectivity index (χ1v) is 8.38. The summed E-state index contributed by atoms with van der Waals surface area (Å²) in [5.74, 6) is -3.14. The molecule has 25 heavy (non-hydrogen) atoms. The number of hydrogen-bond donors (Lipinski definition) is 2. The highest BCUT2D eigenvalue weighted by Crippen LogP contribution is 2.29. The molecule has 1 aromatic rings. The van der Waals surface area contributed by atoms with Gasteiger partial charge in [0.2, 0.25) is 5.91 Å². The Bertz CT molecular complexity index is 659. The minimum atomic E-state index is -1.22. The lowest BCUT2D eigenvalue weighted by Gasteiger charge is -2.31. The summed E-state index contributed by atoms with van der Waals surface area (Å²) in [5, 5.41) is 11.1. The Morgan fingerprint density at radius 3 is 2.44 bits per heavy atom. The van der Waals surface area contributed by atoms with E-state index >= 15 is 0 Å². The van der Waals surface area contributed by atoms with Crippen LogP contribution in [0.15, 0.2) is 18.2 Å². The summed E-state index contributed by atoms with van der Waals surface area (Å²) in [6.45, 7) is 3.59. The summed E-state index contributed by atoms with van der Waals surface area (Å²) in [5.41, 5.74) is 6.56. The summed E-state index contributed by atoms with van der Waals surface area (Å²) in [6.07, 6.45) is 2.44. The molecular weight excluding hydrogens is 324 g/mol. The zero-order valence-corrected chi connectivity index (χ0v) is 14.5. The predicted octanol–water partition coefficient (Wildman–Crippen LogP) is 0.386. The molecular formula is C18H23N2O5-. The third-order valence-electron chi connectivity index (χ3n) is 4.42. The minimum absolute atomic E-state index is 0.251. The molecule has 2 amide bonds. The first kappa shape index (κ1) is 18.8. The van der Waals surface area contributed by atoms with Crippen molar-refractivity contribution < 1.29 is 24.2 Å². The van der Waals surface area contributed by atoms with Crippen LogP contribution in [-0.2, 0) is 14.4 Å². The van der Waals surface area contributed by atoms with E-state index in [9.17, 15) is 19.5 Å². The Hall–Kier alpha value is -2.57. The number of rotatable bonds is 5. The summed E-state index contributed by atoms with van der Waals surface area (Å²) >= 11 is 0. The number of carbonyl (C=O) groups is 3. The molecule has 0 spiro atoms. The van der Waals surface area contributed by atoms with Gasteiger partial charge in [-0.1, -0.05) is 30.5 Å². The van der Waals surface area contributed by atoms with Crippen molar-refractivity contribution in [2.24, 2.45) is 11.8 Å². The number of amides is 2. The van der Waals surface area contributed by atoms with Crippen molar-refractivity contribution in [2.45, 2.75) is 39.5 Å². The van der Waals surface area contributed by atoms with Gasteiger partial charge in [0, 0.05) is 17.8 Å². The predicted molar refractivity (Wildman–Crippen MR) is 88.2 cm³/mol. The quantitative estimate of drug-likeness (QED) is 0.749. The van der Waals surface area contributed by atoms with Gasteiger partial charge < -0.3 is 14.6 Å². The average molecular weight is 347 g/mol. The molecule has 0 bridgehead atoms. The van der Waals surface area contributed by atoms with E-state index in [4.69, 9.17) is 4.74 Å². The molecule has 0 unspecified atom stereocenters. The number of ether oxygens (including phenoxy) is 1. The van der Waals surface area contributed by atoms with Gasteiger partial charge in [0.05, 0.1) is 0 Å². The molecule has 2 atom stereocenters. The van der Waals surface area contributed by atoms with Crippen LogP contribution in [0, 0.1) is 25.7 Å². The van der Waals surface area contributed by atoms with Crippen molar-refractivity contribution in [3.05, 3.63) is 29.3 Å². The molecule has 1 aromatic carbocycles. The van der Waals surface area contributed by atoms with Crippen molar-refractivity contribution in [2.75, 3.05) is 6.61 Å². The average Bonchev–Trinajstić information content (AvgIpc) is 2.58. The van der Waals surface area contributed by atoms with E-state index in [1.807, 2.05) is 26.0 Å². The molecule has 0 heterocycles. The maximum absolute atomic E-state index is 12.1. The lowest BCUT2D eigenvalue weighted by molar-refractivity contribution is -0.314. The number of aryl methyl sites for hydroxylation is 2. The smallest absolute Gasteiger partial charge is 0.276 e. The van der Waals surface area contributed by atoms with E-state index in [-0.39, 0.29) is 6.61 Å². The number of carbonyl (C=O) groups excluding carboxylic acids is 3. The molecule has 1 fully saturated rings. The summed E-state index contributed by atoms with van der Waals surface area (Å²) in [6, 6.07) is 5.60. The van der Waals surface area contributed by atoms with E-state index in [1.165, 1.54) is 0 Å². The van der Waals surface area contributed by atoms with E-state index < -0.39 is 29.6 Å². The topological polar surface area (TPSA) is 108 Å². The monoisotopic (exact) mass is 347 g/mol. The zero-order valence-electron chi connectivity index (χ0n) is 14.5. The Labute approximate surface area is 146 Å². The highest BCUT2D eigenvalue weighted by molar-refractivity contribution is 5.87. The van der Waals surface area contributed by atoms with Crippen molar-refractivity contribution in [3.63, 3.8) is 0 Å². The van der Waals surface area contributed by atoms with E-state index in [0.717, 1.165) is 24.0 Å². The van der Waals surface area contributed by atoms with Gasteiger partial charge >= 0.3 is 0 Å². The number of carboxylic acid groups (broad SMARTS) is 1. The number of nitrogens with one attached hydrogen (secondary N) is 2. The van der Waals surface area contributed by atoms with Crippen LogP contribution in [0.1, 0.15) is 36.8 Å². The number of benzene rings is 1. The molecule has 0 radical (unpaired) electrons. The van der Waals surface area contributed by atoms with E-state index in [1.54, 1.807) is 6.07 Å². The molecule has 1 aliphatic carbocycles. The lowest BCUT2D eigenvalue weighted by atomic mass is 9.79. The number of aliphatic carboxylic acids is 1. The Balaban J connectivity index is 1.80. The van der Waals surface area contributed by atoms with E-state index in [2.05, 4.69) is 10.9 Å². The number of hydrazine groups is 1. The van der Waals surface area contributed by atoms with Crippen molar-refractivity contribution in [1.29, 1.82) is 0 Å². The van der Waals surface area contributed by atoms with Crippen molar-refractivity contribution >= 4 is 17.8 Å². The second-order valence-corrected chi connectivity index (χ2v) is 6.41. The van der Waals surface area contributed by atoms with Gasteiger partial charge in [0.15, 0.2) is 6.61 Å². The van der Waals surface area contributed by atoms with Crippen LogP contribution in [0.4, 0.5) is 0 Å². The maximum Gasteiger partial charge on any atom is 0.276 e. The normalized spacial score (nSPS) is 19.8. The van der Waals surface area contributed by atoms with Crippen LogP contribution < -0.4 is 20.7 Å². The SMILES string of the molecule is Cc1ccc(OCC(=O)NNC(=O)[C@@H]2CCCC[C@H]2C(=O)[O-])c(C)c1. The molecule has 136 valence electrons. The van der Waals surface area contributed by atoms with Gasteiger partial charge in [-0.25, -0.2) is 0 Å². The molecule has 0 aromatic heterocycles. The van der Waals surface area contributed by atoms with Crippen LogP contribution in [0.5, 0.6) is 5.75 Å². The highest BCUT2D eigenvalue weighted by Gasteiger charge is 2.31. The van der Waals surface area contributed by atoms with Crippen LogP contribution in [0.25, 0.3) is 0 Å². The first-order valence-electron chi connectivity index (χ1n) is 8.38. The highest BCUT2D eigenvalue weighted by atomic mass is 16.5. The van der Waals surface area contributed by atoms with Crippen LogP contribution in [-0.4, -0.2) is 24.4 Å². The largest absolute Gasteiger partial charge is 0.550 e. The molecule has 1 aliphatic rings. The standard InChI is InChI=1S/C18H24N2O5/c1-11-7-8-15(12(2)9-11)25-10-16(21)19-20-17(22)13-5-3-4-6-14(13)18(23)24/h7-9,13-14H,3-6,10H2,1-2H3,(H,19,21)(H,20,22)(H,23,24)/p-1/t13-,14-/m1/s1. The van der Waals surface area contributed by atoms with Gasteiger partial charge in [-0.05, 0) is 38.3 Å². The van der Waals surface area contributed by atoms with Crippen LogP contribution in [0.2, 0.25) is 0 Å². The molecule has 0 saturated heterocycles. The number of hydrogen-bond acceptors (Lipinski definition) is 5. The van der Waals surface area contributed by atoms with Crippen LogP contribution >= 0.6 is 0 Å². The molecule has 1 saturated carbocycles. The first-order chi connectivity index (χ1) is 11.9. The molecule has 7 heteroatoms. The van der Waals surface area contributed by atoms with Crippen molar-refractivity contribution in [3.8, 4) is 5.75 Å². The fraction of sp³-hybridized carbons (Fsp3) is 0.500. The third-order valence-corrected chi connectivity index (χ3v) is 4.42. The third kappa shape index (κ3) is 5.20. The lowest BCUT2D eigenvalue weighted by Crippen LogP contribution is -2.50. The fourth-order valence-electron chi connectivity index (χ4n) is 3.09. The number of carboxylic acids is 1. The van der Waals surface area contributed by atoms with Gasteiger partial charge in [0.25, 0.3) is 5.91 Å². The Morgan fingerprint density at radius 1 is 1.12 bits per heavy atom. The molecule has 0 aliphatic heterocycles. The second kappa shape index (κ2) is 8.50. The van der Waals surface area contributed by atoms with Crippen LogP contribution in [0.3, 0.4) is 0 Å². The summed E-state index contributed by atoms with van der Waals surface area (Å²) < 4.78 is 5.42. The maximum atomic E-state index is 12.1. The minimum Gasteiger partial charge on any atom is -0.550 e. The summed E-state index contributed by atoms with van der Waals surface area (Å²) in [4.78, 5) is 35.1. The Morgan fingerprint density at radius 2 is 1.80 bits per heavy atom. The van der Waals surface area contributed by atoms with Crippen molar-refractivity contribution in [1.82, 2.24) is 10.9 Å². The second-order valence-electron chi connectivity index (χ2n) is 6.41. The van der Waals surface area contributed by atoms with Gasteiger partial charge in [0.1, 0.15) is 5.75 Å². The van der Waals surface area contributed by atoms with Gasteiger partial charge in [-0.3, -0.25) is 20.4 Å². The van der Waals surface area contributed by atoms with Gasteiger partial charge in [-0.15, -0.1) is 0 Å². The molecule has 2 N–H and O–H groups in total. The fourth-order valence-corrected chi connectivity index (χ4v) is 3.09. The molecule has 2 rings (SSSR count). The zero-order chi connectivity index (χ0) is 18.4. The summed E-state index contributed by atoms with van der Waals surface area (Å²) in [7, 11) is 0. The Kier molecular flexibility index (Phi) is 6.38. The van der Waals surface area contributed by atoms with Gasteiger partial charge in [-0.2, -0.15) is 0 Å². The molecule has 7 nitrogen and oxygen atoms in total.